The van der Waals surface area contributed by atoms with Gasteiger partial charge in [0.05, 0.1) is 0 Å². The van der Waals surface area contributed by atoms with Crippen molar-refractivity contribution >= 4 is 23.4 Å². The van der Waals surface area contributed by atoms with E-state index in [4.69, 9.17) is 11.6 Å². The molecule has 3 heteroatoms. The second-order valence-corrected chi connectivity index (χ2v) is 7.31. The molecule has 1 nitrogen and oxygen atoms in total. The summed E-state index contributed by atoms with van der Waals surface area (Å²) in [5, 5.41) is 4.39. The van der Waals surface area contributed by atoms with Crippen molar-refractivity contribution in [2.75, 3.05) is 0 Å². The highest BCUT2D eigenvalue weighted by Gasteiger charge is 2.20. The number of hydrogen-bond acceptors (Lipinski definition) is 2. The molecule has 0 aromatic heterocycles. The zero-order valence-corrected chi connectivity index (χ0v) is 14.0. The van der Waals surface area contributed by atoms with E-state index in [1.54, 1.807) is 0 Å². The van der Waals surface area contributed by atoms with Crippen molar-refractivity contribution < 1.29 is 0 Å². The fourth-order valence-corrected chi connectivity index (χ4v) is 3.45. The minimum absolute atomic E-state index is 0.712. The summed E-state index contributed by atoms with van der Waals surface area (Å²) < 4.78 is 0. The molecule has 2 aromatic rings. The standard InChI is InChI=1S/C18H20ClNS/c1-12-3-7-17(9-13(12)2)21-18-8-4-15(19)10-14(18)11-20-16-5-6-16/h3-4,7-10,16,20H,5-6,11H2,1-2H3. The number of aryl methyl sites for hydroxylation is 2. The third-order valence-electron chi connectivity index (χ3n) is 3.89. The second kappa shape index (κ2) is 6.43. The van der Waals surface area contributed by atoms with Crippen molar-refractivity contribution in [3.05, 3.63) is 58.1 Å². The highest BCUT2D eigenvalue weighted by molar-refractivity contribution is 7.99. The van der Waals surface area contributed by atoms with E-state index in [2.05, 4.69) is 49.5 Å². The molecular weight excluding hydrogens is 298 g/mol. The minimum Gasteiger partial charge on any atom is -0.310 e. The van der Waals surface area contributed by atoms with E-state index >= 15 is 0 Å². The van der Waals surface area contributed by atoms with E-state index in [9.17, 15) is 0 Å². The largest absolute Gasteiger partial charge is 0.310 e. The summed E-state index contributed by atoms with van der Waals surface area (Å²) in [7, 11) is 0. The number of nitrogens with one attached hydrogen (secondary N) is 1. The van der Waals surface area contributed by atoms with Gasteiger partial charge in [-0.3, -0.25) is 0 Å². The first-order chi connectivity index (χ1) is 10.1. The summed E-state index contributed by atoms with van der Waals surface area (Å²) in [6.45, 7) is 5.21. The molecule has 0 spiro atoms. The van der Waals surface area contributed by atoms with Gasteiger partial charge >= 0.3 is 0 Å². The summed E-state index contributed by atoms with van der Waals surface area (Å²) in [4.78, 5) is 2.57. The second-order valence-electron chi connectivity index (χ2n) is 5.76. The number of benzene rings is 2. The molecule has 1 saturated carbocycles. The maximum atomic E-state index is 6.16. The molecule has 1 N–H and O–H groups in total. The van der Waals surface area contributed by atoms with Crippen LogP contribution in [0, 0.1) is 13.8 Å². The van der Waals surface area contributed by atoms with Crippen LogP contribution >= 0.6 is 23.4 Å². The van der Waals surface area contributed by atoms with Crippen molar-refractivity contribution in [1.82, 2.24) is 5.32 Å². The van der Waals surface area contributed by atoms with Gasteiger partial charge in [0.25, 0.3) is 0 Å². The molecule has 0 bridgehead atoms. The average molecular weight is 318 g/mol. The molecule has 0 saturated heterocycles. The van der Waals surface area contributed by atoms with Crippen LogP contribution in [-0.4, -0.2) is 6.04 Å². The van der Waals surface area contributed by atoms with Crippen LogP contribution in [0.2, 0.25) is 5.02 Å². The van der Waals surface area contributed by atoms with Crippen LogP contribution in [0.3, 0.4) is 0 Å². The lowest BCUT2D eigenvalue weighted by Gasteiger charge is -2.11. The molecule has 0 heterocycles. The van der Waals surface area contributed by atoms with Crippen molar-refractivity contribution in [3.63, 3.8) is 0 Å². The van der Waals surface area contributed by atoms with Crippen LogP contribution in [0.15, 0.2) is 46.2 Å². The third kappa shape index (κ3) is 4.03. The molecular formula is C18H20ClNS. The van der Waals surface area contributed by atoms with Gasteiger partial charge in [-0.05, 0) is 73.7 Å². The maximum absolute atomic E-state index is 6.16. The lowest BCUT2D eigenvalue weighted by Crippen LogP contribution is -2.15. The number of halogens is 1. The molecule has 2 aromatic carbocycles. The van der Waals surface area contributed by atoms with Gasteiger partial charge in [-0.15, -0.1) is 0 Å². The number of rotatable bonds is 5. The van der Waals surface area contributed by atoms with Gasteiger partial charge in [0.2, 0.25) is 0 Å². The Balaban J connectivity index is 1.80. The van der Waals surface area contributed by atoms with Crippen LogP contribution in [-0.2, 0) is 6.54 Å². The predicted molar refractivity (Wildman–Crippen MR) is 91.4 cm³/mol. The van der Waals surface area contributed by atoms with E-state index in [1.807, 2.05) is 17.8 Å². The highest BCUT2D eigenvalue weighted by atomic mass is 35.5. The third-order valence-corrected chi connectivity index (χ3v) is 5.23. The zero-order chi connectivity index (χ0) is 14.8. The van der Waals surface area contributed by atoms with Gasteiger partial charge in [0.1, 0.15) is 0 Å². The maximum Gasteiger partial charge on any atom is 0.0410 e. The molecule has 0 aliphatic heterocycles. The summed E-state index contributed by atoms with van der Waals surface area (Å²) in [5.41, 5.74) is 3.97. The Hall–Kier alpha value is -0.960. The minimum atomic E-state index is 0.712. The summed E-state index contributed by atoms with van der Waals surface area (Å²) >= 11 is 7.98. The predicted octanol–water partition coefficient (Wildman–Crippen LogP) is 5.36. The molecule has 0 radical (unpaired) electrons. The molecule has 1 aliphatic rings. The summed E-state index contributed by atoms with van der Waals surface area (Å²) in [6.07, 6.45) is 2.61. The van der Waals surface area contributed by atoms with Crippen LogP contribution in [0.1, 0.15) is 29.5 Å². The molecule has 0 atom stereocenters. The van der Waals surface area contributed by atoms with E-state index in [-0.39, 0.29) is 0 Å². The summed E-state index contributed by atoms with van der Waals surface area (Å²) in [5.74, 6) is 0. The SMILES string of the molecule is Cc1ccc(Sc2ccc(Cl)cc2CNC2CC2)cc1C. The number of hydrogen-bond donors (Lipinski definition) is 1. The lowest BCUT2D eigenvalue weighted by molar-refractivity contribution is 0.680. The molecule has 1 aliphatic carbocycles. The molecule has 0 unspecified atom stereocenters. The van der Waals surface area contributed by atoms with Gasteiger partial charge in [0.15, 0.2) is 0 Å². The van der Waals surface area contributed by atoms with Crippen LogP contribution in [0.25, 0.3) is 0 Å². The van der Waals surface area contributed by atoms with Gasteiger partial charge in [-0.2, -0.15) is 0 Å². The van der Waals surface area contributed by atoms with Crippen molar-refractivity contribution in [2.24, 2.45) is 0 Å². The first kappa shape index (κ1) is 15.0. The fraction of sp³-hybridized carbons (Fsp3) is 0.333. The van der Waals surface area contributed by atoms with Crippen LogP contribution < -0.4 is 5.32 Å². The van der Waals surface area contributed by atoms with E-state index in [0.717, 1.165) is 11.6 Å². The van der Waals surface area contributed by atoms with E-state index < -0.39 is 0 Å². The first-order valence-corrected chi connectivity index (χ1v) is 8.58. The van der Waals surface area contributed by atoms with E-state index in [1.165, 1.54) is 39.3 Å². The van der Waals surface area contributed by atoms with Crippen molar-refractivity contribution in [3.8, 4) is 0 Å². The topological polar surface area (TPSA) is 12.0 Å². The molecule has 0 amide bonds. The Morgan fingerprint density at radius 1 is 1.10 bits per heavy atom. The average Bonchev–Trinajstić information content (AvgIpc) is 3.27. The highest BCUT2D eigenvalue weighted by Crippen LogP contribution is 2.33. The van der Waals surface area contributed by atoms with Crippen LogP contribution in [0.5, 0.6) is 0 Å². The van der Waals surface area contributed by atoms with Gasteiger partial charge in [0, 0.05) is 27.4 Å². The first-order valence-electron chi connectivity index (χ1n) is 7.39. The Bertz CT molecular complexity index is 650. The Labute approximate surface area is 136 Å². The molecule has 3 rings (SSSR count). The fourth-order valence-electron chi connectivity index (χ4n) is 2.23. The van der Waals surface area contributed by atoms with Gasteiger partial charge < -0.3 is 5.32 Å². The quantitative estimate of drug-likeness (QED) is 0.796. The smallest absolute Gasteiger partial charge is 0.0410 e. The van der Waals surface area contributed by atoms with Crippen molar-refractivity contribution in [2.45, 2.75) is 49.1 Å². The monoisotopic (exact) mass is 317 g/mol. The van der Waals surface area contributed by atoms with Crippen molar-refractivity contribution in [1.29, 1.82) is 0 Å². The Kier molecular flexibility index (Phi) is 4.58. The molecule has 110 valence electrons. The van der Waals surface area contributed by atoms with Gasteiger partial charge in [-0.1, -0.05) is 29.4 Å². The Morgan fingerprint density at radius 3 is 2.62 bits per heavy atom. The molecule has 1 fully saturated rings. The lowest BCUT2D eigenvalue weighted by atomic mass is 10.1. The normalized spacial score (nSPS) is 14.4. The van der Waals surface area contributed by atoms with E-state index in [0.29, 0.717) is 6.04 Å². The molecule has 21 heavy (non-hydrogen) atoms. The zero-order valence-electron chi connectivity index (χ0n) is 12.4. The Morgan fingerprint density at radius 2 is 1.90 bits per heavy atom. The van der Waals surface area contributed by atoms with Crippen LogP contribution in [0.4, 0.5) is 0 Å². The summed E-state index contributed by atoms with van der Waals surface area (Å²) in [6, 6.07) is 13.5. The van der Waals surface area contributed by atoms with Gasteiger partial charge in [-0.25, -0.2) is 0 Å².